The van der Waals surface area contributed by atoms with Crippen LogP contribution in [-0.2, 0) is 6.54 Å². The molecule has 0 radical (unpaired) electrons. The number of nitrogens with one attached hydrogen (secondary N) is 1. The van der Waals surface area contributed by atoms with Crippen LogP contribution in [-0.4, -0.2) is 31.2 Å². The van der Waals surface area contributed by atoms with E-state index in [4.69, 9.17) is 16.0 Å². The van der Waals surface area contributed by atoms with Gasteiger partial charge in [-0.25, -0.2) is 0 Å². The van der Waals surface area contributed by atoms with Crippen LogP contribution in [0.25, 0.3) is 11.3 Å². The summed E-state index contributed by atoms with van der Waals surface area (Å²) in [6, 6.07) is 13.0. The van der Waals surface area contributed by atoms with Gasteiger partial charge in [0.15, 0.2) is 0 Å². The first-order valence-corrected chi connectivity index (χ1v) is 10.0. The highest BCUT2D eigenvalue weighted by atomic mass is 35.5. The van der Waals surface area contributed by atoms with Crippen molar-refractivity contribution in [1.82, 2.24) is 15.1 Å². The molecule has 0 aliphatic carbocycles. The zero-order chi connectivity index (χ0) is 21.7. The Bertz CT molecular complexity index is 1300. The molecule has 7 nitrogen and oxygen atoms in total. The van der Waals surface area contributed by atoms with Gasteiger partial charge in [-0.05, 0) is 54.4 Å². The minimum Gasteiger partial charge on any atom is -0.508 e. The Balaban J connectivity index is 1.70. The topological polar surface area (TPSA) is 103 Å². The maximum atomic E-state index is 13.3. The number of aromatic nitrogens is 2. The van der Waals surface area contributed by atoms with Crippen molar-refractivity contribution in [2.75, 3.05) is 0 Å². The number of rotatable bonds is 4. The number of hydrogen-bond acceptors (Lipinski definition) is 5. The molecule has 4 aromatic rings. The fourth-order valence-electron chi connectivity index (χ4n) is 4.03. The summed E-state index contributed by atoms with van der Waals surface area (Å²) in [5.74, 6) is 0.473. The van der Waals surface area contributed by atoms with Gasteiger partial charge in [0.25, 0.3) is 5.91 Å². The molecule has 0 fully saturated rings. The van der Waals surface area contributed by atoms with E-state index >= 15 is 0 Å². The van der Waals surface area contributed by atoms with Crippen molar-refractivity contribution in [1.29, 1.82) is 0 Å². The van der Waals surface area contributed by atoms with Gasteiger partial charge in [0.2, 0.25) is 0 Å². The number of hydrogen-bond donors (Lipinski definition) is 3. The fraction of sp³-hybridized carbons (Fsp3) is 0.130. The molecule has 1 atom stereocenters. The molecule has 3 N–H and O–H groups in total. The maximum Gasteiger partial charge on any atom is 0.273 e. The van der Waals surface area contributed by atoms with Crippen molar-refractivity contribution in [2.45, 2.75) is 19.5 Å². The van der Waals surface area contributed by atoms with Crippen molar-refractivity contribution < 1.29 is 19.4 Å². The molecule has 2 aromatic heterocycles. The van der Waals surface area contributed by atoms with Gasteiger partial charge in [0.1, 0.15) is 28.6 Å². The summed E-state index contributed by atoms with van der Waals surface area (Å²) in [5.41, 5.74) is 3.22. The normalized spacial score (nSPS) is 15.5. The molecule has 1 aliphatic heterocycles. The van der Waals surface area contributed by atoms with Crippen molar-refractivity contribution >= 4 is 17.5 Å². The molecule has 0 saturated heterocycles. The Morgan fingerprint density at radius 1 is 1.19 bits per heavy atom. The van der Waals surface area contributed by atoms with Gasteiger partial charge in [0, 0.05) is 16.1 Å². The molecule has 0 saturated carbocycles. The van der Waals surface area contributed by atoms with Crippen LogP contribution in [0.4, 0.5) is 0 Å². The summed E-state index contributed by atoms with van der Waals surface area (Å²) in [6.07, 6.45) is 1.55. The number of carbonyl (C=O) groups excluding carboxylic acids is 1. The van der Waals surface area contributed by atoms with E-state index < -0.39 is 6.04 Å². The highest BCUT2D eigenvalue weighted by Crippen LogP contribution is 2.46. The van der Waals surface area contributed by atoms with E-state index in [-0.39, 0.29) is 24.0 Å². The summed E-state index contributed by atoms with van der Waals surface area (Å²) in [4.78, 5) is 14.9. The van der Waals surface area contributed by atoms with Gasteiger partial charge in [-0.3, -0.25) is 9.89 Å². The largest absolute Gasteiger partial charge is 0.508 e. The zero-order valence-electron chi connectivity index (χ0n) is 16.5. The van der Waals surface area contributed by atoms with Crippen molar-refractivity contribution in [2.24, 2.45) is 0 Å². The Labute approximate surface area is 182 Å². The SMILES string of the molecule is Cc1cc(O)c(-c2n[nH]c3c2[C@H](c2cccc(O)c2)N(Cc2ccco2)C3=O)cc1Cl. The van der Waals surface area contributed by atoms with E-state index in [0.29, 0.717) is 38.9 Å². The number of carbonyl (C=O) groups is 1. The number of furan rings is 1. The van der Waals surface area contributed by atoms with Crippen molar-refractivity contribution in [3.8, 4) is 22.8 Å². The van der Waals surface area contributed by atoms with Crippen LogP contribution in [0.2, 0.25) is 5.02 Å². The predicted octanol–water partition coefficient (Wildman–Crippen LogP) is 4.79. The van der Waals surface area contributed by atoms with Crippen LogP contribution in [0.1, 0.15) is 39.0 Å². The third kappa shape index (κ3) is 3.14. The average Bonchev–Trinajstić information content (AvgIpc) is 3.45. The van der Waals surface area contributed by atoms with Crippen LogP contribution < -0.4 is 0 Å². The van der Waals surface area contributed by atoms with Gasteiger partial charge < -0.3 is 19.5 Å². The third-order valence-electron chi connectivity index (χ3n) is 5.49. The summed E-state index contributed by atoms with van der Waals surface area (Å²) >= 11 is 6.31. The number of fused-ring (bicyclic) bond motifs is 1. The molecule has 31 heavy (non-hydrogen) atoms. The number of nitrogens with zero attached hydrogens (tertiary/aromatic N) is 2. The average molecular weight is 436 g/mol. The maximum absolute atomic E-state index is 13.3. The highest BCUT2D eigenvalue weighted by molar-refractivity contribution is 6.31. The van der Waals surface area contributed by atoms with E-state index in [0.717, 1.165) is 5.56 Å². The van der Waals surface area contributed by atoms with Crippen LogP contribution in [0.15, 0.2) is 59.2 Å². The molecule has 156 valence electrons. The second kappa shape index (κ2) is 7.21. The summed E-state index contributed by atoms with van der Waals surface area (Å²) < 4.78 is 5.46. The number of phenols is 2. The Hall–Kier alpha value is -3.71. The first-order valence-electron chi connectivity index (χ1n) is 9.64. The molecule has 0 bridgehead atoms. The first kappa shape index (κ1) is 19.3. The summed E-state index contributed by atoms with van der Waals surface area (Å²) in [5, 5.41) is 28.3. The third-order valence-corrected chi connectivity index (χ3v) is 5.90. The number of amides is 1. The van der Waals surface area contributed by atoms with Crippen LogP contribution in [0, 0.1) is 6.92 Å². The second-order valence-corrected chi connectivity index (χ2v) is 7.90. The minimum atomic E-state index is -0.548. The zero-order valence-corrected chi connectivity index (χ0v) is 17.2. The molecule has 0 spiro atoms. The molecule has 1 amide bonds. The van der Waals surface area contributed by atoms with Gasteiger partial charge in [-0.2, -0.15) is 5.10 Å². The lowest BCUT2D eigenvalue weighted by atomic mass is 9.95. The van der Waals surface area contributed by atoms with Crippen molar-refractivity contribution in [3.05, 3.63) is 88.0 Å². The fourth-order valence-corrected chi connectivity index (χ4v) is 4.20. The molecule has 8 heteroatoms. The van der Waals surface area contributed by atoms with Crippen LogP contribution in [0.5, 0.6) is 11.5 Å². The van der Waals surface area contributed by atoms with E-state index in [9.17, 15) is 15.0 Å². The molecule has 1 aliphatic rings. The summed E-state index contributed by atoms with van der Waals surface area (Å²) in [6.45, 7) is 2.03. The smallest absolute Gasteiger partial charge is 0.273 e. The molecule has 0 unspecified atom stereocenters. The Kier molecular flexibility index (Phi) is 4.48. The molecular weight excluding hydrogens is 418 g/mol. The number of benzene rings is 2. The van der Waals surface area contributed by atoms with Gasteiger partial charge in [0.05, 0.1) is 18.8 Å². The first-order chi connectivity index (χ1) is 14.9. The molecule has 3 heterocycles. The van der Waals surface area contributed by atoms with E-state index in [1.165, 1.54) is 0 Å². The van der Waals surface area contributed by atoms with Crippen molar-refractivity contribution in [3.63, 3.8) is 0 Å². The van der Waals surface area contributed by atoms with Gasteiger partial charge >= 0.3 is 0 Å². The second-order valence-electron chi connectivity index (χ2n) is 7.49. The highest BCUT2D eigenvalue weighted by Gasteiger charge is 2.43. The lowest BCUT2D eigenvalue weighted by molar-refractivity contribution is 0.0716. The number of halogens is 1. The van der Waals surface area contributed by atoms with Gasteiger partial charge in [-0.1, -0.05) is 23.7 Å². The number of aromatic amines is 1. The number of H-pyrrole nitrogens is 1. The summed E-state index contributed by atoms with van der Waals surface area (Å²) in [7, 11) is 0. The van der Waals surface area contributed by atoms with Crippen LogP contribution in [0.3, 0.4) is 0 Å². The monoisotopic (exact) mass is 435 g/mol. The number of aromatic hydroxyl groups is 2. The van der Waals surface area contributed by atoms with Gasteiger partial charge in [-0.15, -0.1) is 0 Å². The standard InChI is InChI=1S/C23H18ClN3O4/c1-12-8-18(29)16(10-17(12)24)20-19-21(26-25-20)23(30)27(11-15-6-3-7-31-15)22(19)13-4-2-5-14(28)9-13/h2-10,22,28-29H,11H2,1H3,(H,25,26)/t22-/m0/s1. The predicted molar refractivity (Wildman–Crippen MR) is 114 cm³/mol. The molecular formula is C23H18ClN3O4. The van der Waals surface area contributed by atoms with E-state index in [1.54, 1.807) is 60.6 Å². The lowest BCUT2D eigenvalue weighted by Gasteiger charge is -2.25. The number of phenolic OH excluding ortho intramolecular Hbond substituents is 2. The Morgan fingerprint density at radius 3 is 2.77 bits per heavy atom. The molecule has 2 aromatic carbocycles. The van der Waals surface area contributed by atoms with E-state index in [1.807, 2.05) is 6.07 Å². The lowest BCUT2D eigenvalue weighted by Crippen LogP contribution is -2.28. The molecule has 5 rings (SSSR count). The quantitative estimate of drug-likeness (QED) is 0.427. The minimum absolute atomic E-state index is 0.0165. The Morgan fingerprint density at radius 2 is 2.03 bits per heavy atom. The van der Waals surface area contributed by atoms with E-state index in [2.05, 4.69) is 10.2 Å². The number of aryl methyl sites for hydroxylation is 1. The van der Waals surface area contributed by atoms with Crippen LogP contribution >= 0.6 is 11.6 Å².